The summed E-state index contributed by atoms with van der Waals surface area (Å²) in [6.45, 7) is 8.22. The summed E-state index contributed by atoms with van der Waals surface area (Å²) in [7, 11) is 1.62. The number of methoxy groups -OCH3 is 1. The monoisotopic (exact) mass is 442 g/mol. The third-order valence-corrected chi connectivity index (χ3v) is 5.65. The molecule has 0 aliphatic carbocycles. The lowest BCUT2D eigenvalue weighted by molar-refractivity contribution is -0.113. The van der Waals surface area contributed by atoms with E-state index in [0.29, 0.717) is 28.2 Å². The number of amides is 1. The van der Waals surface area contributed by atoms with E-state index in [9.17, 15) is 4.79 Å². The maximum Gasteiger partial charge on any atom is 0.234 e. The molecular formula is C22H23ClN4O2S. The Labute approximate surface area is 185 Å². The maximum atomic E-state index is 12.5. The first-order valence-electron chi connectivity index (χ1n) is 9.31. The zero-order valence-electron chi connectivity index (χ0n) is 17.1. The fourth-order valence-corrected chi connectivity index (χ4v) is 4.16. The number of aryl methyl sites for hydroxylation is 2. The van der Waals surface area contributed by atoms with Gasteiger partial charge >= 0.3 is 0 Å². The molecule has 0 saturated carbocycles. The Hall–Kier alpha value is -2.77. The van der Waals surface area contributed by atoms with Crippen molar-refractivity contribution < 1.29 is 9.53 Å². The average molecular weight is 443 g/mol. The van der Waals surface area contributed by atoms with Crippen LogP contribution >= 0.6 is 23.4 Å². The van der Waals surface area contributed by atoms with E-state index < -0.39 is 0 Å². The summed E-state index contributed by atoms with van der Waals surface area (Å²) < 4.78 is 7.22. The molecule has 0 radical (unpaired) electrons. The van der Waals surface area contributed by atoms with E-state index >= 15 is 0 Å². The van der Waals surface area contributed by atoms with Gasteiger partial charge in [0.1, 0.15) is 5.75 Å². The predicted molar refractivity (Wildman–Crippen MR) is 122 cm³/mol. The molecule has 0 aliphatic heterocycles. The Morgan fingerprint density at radius 2 is 2.10 bits per heavy atom. The largest absolute Gasteiger partial charge is 0.497 e. The highest BCUT2D eigenvalue weighted by molar-refractivity contribution is 7.99. The number of anilines is 1. The summed E-state index contributed by atoms with van der Waals surface area (Å²) in [6, 6.07) is 11.4. The van der Waals surface area contributed by atoms with Crippen LogP contribution in [0.15, 0.2) is 54.2 Å². The van der Waals surface area contributed by atoms with Crippen LogP contribution < -0.4 is 10.1 Å². The molecule has 0 unspecified atom stereocenters. The number of rotatable bonds is 8. The number of aromatic nitrogens is 3. The molecule has 1 N–H and O–H groups in total. The molecule has 6 nitrogen and oxygen atoms in total. The van der Waals surface area contributed by atoms with E-state index in [1.54, 1.807) is 13.2 Å². The molecule has 0 bridgehead atoms. The molecule has 2 aromatic carbocycles. The van der Waals surface area contributed by atoms with E-state index in [1.165, 1.54) is 11.8 Å². The summed E-state index contributed by atoms with van der Waals surface area (Å²) in [4.78, 5) is 12.5. The highest BCUT2D eigenvalue weighted by Gasteiger charge is 2.16. The number of ether oxygens (including phenoxy) is 1. The van der Waals surface area contributed by atoms with Crippen LogP contribution in [0.25, 0.3) is 11.4 Å². The summed E-state index contributed by atoms with van der Waals surface area (Å²) in [5, 5.41) is 12.6. The number of thioether (sulfide) groups is 1. The van der Waals surface area contributed by atoms with Gasteiger partial charge in [0.25, 0.3) is 0 Å². The number of nitrogens with zero attached hydrogens (tertiary/aromatic N) is 3. The number of allylic oxidation sites excluding steroid dienone is 1. The van der Waals surface area contributed by atoms with Gasteiger partial charge in [-0.15, -0.1) is 16.8 Å². The number of halogens is 1. The number of carbonyl (C=O) groups excluding carboxylic acids is 1. The molecule has 1 aromatic heterocycles. The highest BCUT2D eigenvalue weighted by Crippen LogP contribution is 2.29. The second kappa shape index (κ2) is 9.82. The van der Waals surface area contributed by atoms with Crippen molar-refractivity contribution in [2.24, 2.45) is 0 Å². The summed E-state index contributed by atoms with van der Waals surface area (Å²) in [6.07, 6.45) is 1.77. The molecule has 3 rings (SSSR count). The Balaban J connectivity index is 1.76. The minimum atomic E-state index is -0.162. The fraction of sp³-hybridized carbons (Fsp3) is 0.227. The molecule has 1 heterocycles. The number of nitrogens with one attached hydrogen (secondary N) is 1. The van der Waals surface area contributed by atoms with Crippen molar-refractivity contribution in [1.29, 1.82) is 0 Å². The van der Waals surface area contributed by atoms with Crippen LogP contribution in [0.4, 0.5) is 5.69 Å². The van der Waals surface area contributed by atoms with Gasteiger partial charge in [0.2, 0.25) is 5.91 Å². The van der Waals surface area contributed by atoms with E-state index in [-0.39, 0.29) is 11.7 Å². The molecule has 0 spiro atoms. The third-order valence-electron chi connectivity index (χ3n) is 4.38. The normalized spacial score (nSPS) is 10.7. The molecule has 0 atom stereocenters. The minimum absolute atomic E-state index is 0.162. The van der Waals surface area contributed by atoms with Gasteiger partial charge in [-0.2, -0.15) is 0 Å². The maximum absolute atomic E-state index is 12.5. The topological polar surface area (TPSA) is 69.0 Å². The molecular weight excluding hydrogens is 420 g/mol. The molecule has 8 heteroatoms. The summed E-state index contributed by atoms with van der Waals surface area (Å²) >= 11 is 7.60. The zero-order chi connectivity index (χ0) is 21.7. The second-order valence-electron chi connectivity index (χ2n) is 6.71. The van der Waals surface area contributed by atoms with Gasteiger partial charge in [-0.3, -0.25) is 9.36 Å². The van der Waals surface area contributed by atoms with Gasteiger partial charge in [-0.05, 0) is 43.2 Å². The van der Waals surface area contributed by atoms with Crippen LogP contribution in [-0.4, -0.2) is 33.5 Å². The third kappa shape index (κ3) is 5.04. The van der Waals surface area contributed by atoms with Crippen LogP contribution in [0.1, 0.15) is 11.1 Å². The van der Waals surface area contributed by atoms with Crippen molar-refractivity contribution in [3.05, 3.63) is 65.2 Å². The first-order valence-corrected chi connectivity index (χ1v) is 10.7. The highest BCUT2D eigenvalue weighted by atomic mass is 35.5. The van der Waals surface area contributed by atoms with Crippen molar-refractivity contribution in [2.45, 2.75) is 25.5 Å². The molecule has 0 saturated heterocycles. The van der Waals surface area contributed by atoms with E-state index in [2.05, 4.69) is 22.1 Å². The van der Waals surface area contributed by atoms with Crippen LogP contribution in [0.5, 0.6) is 5.75 Å². The number of hydrogen-bond acceptors (Lipinski definition) is 5. The van der Waals surface area contributed by atoms with Crippen LogP contribution in [-0.2, 0) is 11.3 Å². The Morgan fingerprint density at radius 1 is 1.30 bits per heavy atom. The van der Waals surface area contributed by atoms with Crippen LogP contribution in [0, 0.1) is 13.8 Å². The standard InChI is InChI=1S/C22H23ClN4O2S/c1-5-9-27-21(16-7-6-8-17(12-16)29-4)25-26-22(27)30-13-19(28)24-20-15(3)10-14(2)11-18(20)23/h5-8,10-12H,1,9,13H2,2-4H3,(H,24,28). The number of hydrogen-bond donors (Lipinski definition) is 1. The average Bonchev–Trinajstić information content (AvgIpc) is 3.12. The zero-order valence-corrected chi connectivity index (χ0v) is 18.7. The summed E-state index contributed by atoms with van der Waals surface area (Å²) in [5.41, 5.74) is 3.49. The first-order chi connectivity index (χ1) is 14.4. The Morgan fingerprint density at radius 3 is 2.80 bits per heavy atom. The number of benzene rings is 2. The second-order valence-corrected chi connectivity index (χ2v) is 8.06. The lowest BCUT2D eigenvalue weighted by Crippen LogP contribution is -2.16. The Bertz CT molecular complexity index is 1060. The van der Waals surface area contributed by atoms with Gasteiger partial charge in [-0.25, -0.2) is 0 Å². The van der Waals surface area contributed by atoms with E-state index in [1.807, 2.05) is 54.8 Å². The van der Waals surface area contributed by atoms with Gasteiger partial charge < -0.3 is 10.1 Å². The van der Waals surface area contributed by atoms with Gasteiger partial charge in [-0.1, -0.05) is 47.6 Å². The SMILES string of the molecule is C=CCn1c(SCC(=O)Nc2c(C)cc(C)cc2Cl)nnc1-c1cccc(OC)c1. The molecule has 156 valence electrons. The van der Waals surface area contributed by atoms with Crippen LogP contribution in [0.2, 0.25) is 5.02 Å². The Kier molecular flexibility index (Phi) is 7.18. The smallest absolute Gasteiger partial charge is 0.234 e. The van der Waals surface area contributed by atoms with Crippen molar-refractivity contribution in [2.75, 3.05) is 18.2 Å². The quantitative estimate of drug-likeness (QED) is 0.386. The van der Waals surface area contributed by atoms with Crippen LogP contribution in [0.3, 0.4) is 0 Å². The molecule has 0 aliphatic rings. The van der Waals surface area contributed by atoms with Crippen molar-refractivity contribution in [3.63, 3.8) is 0 Å². The van der Waals surface area contributed by atoms with E-state index in [0.717, 1.165) is 22.4 Å². The molecule has 30 heavy (non-hydrogen) atoms. The lowest BCUT2D eigenvalue weighted by Gasteiger charge is -2.12. The number of carbonyl (C=O) groups is 1. The van der Waals surface area contributed by atoms with Crippen molar-refractivity contribution >= 4 is 35.0 Å². The van der Waals surface area contributed by atoms with Crippen molar-refractivity contribution in [3.8, 4) is 17.1 Å². The van der Waals surface area contributed by atoms with Gasteiger partial charge in [0.15, 0.2) is 11.0 Å². The lowest BCUT2D eigenvalue weighted by atomic mass is 10.1. The molecule has 0 fully saturated rings. The fourth-order valence-electron chi connectivity index (χ4n) is 3.04. The van der Waals surface area contributed by atoms with Gasteiger partial charge in [0.05, 0.1) is 23.6 Å². The first kappa shape index (κ1) is 21.9. The summed E-state index contributed by atoms with van der Waals surface area (Å²) in [5.74, 6) is 1.44. The molecule has 1 amide bonds. The minimum Gasteiger partial charge on any atom is -0.497 e. The predicted octanol–water partition coefficient (Wildman–Crippen LogP) is 5.14. The molecule has 3 aromatic rings. The van der Waals surface area contributed by atoms with E-state index in [4.69, 9.17) is 16.3 Å². The van der Waals surface area contributed by atoms with Crippen molar-refractivity contribution in [1.82, 2.24) is 14.8 Å². The van der Waals surface area contributed by atoms with Gasteiger partial charge in [0, 0.05) is 12.1 Å².